The molecule has 1 aromatic heterocycles. The maximum atomic E-state index is 13.2. The van der Waals surface area contributed by atoms with Crippen LogP contribution in [0.5, 0.6) is 0 Å². The Morgan fingerprint density at radius 1 is 0.962 bits per heavy atom. The van der Waals surface area contributed by atoms with Crippen LogP contribution in [0.4, 0.5) is 10.2 Å². The minimum atomic E-state index is -0.250. The van der Waals surface area contributed by atoms with E-state index in [4.69, 9.17) is 5.73 Å². The van der Waals surface area contributed by atoms with Crippen LogP contribution < -0.4 is 10.6 Å². The molecule has 1 aliphatic heterocycles. The first-order chi connectivity index (χ1) is 12.3. The van der Waals surface area contributed by atoms with Gasteiger partial charge in [0, 0.05) is 29.4 Å². The topological polar surface area (TPSA) is 55.0 Å². The molecular weight excluding hydrogens is 351 g/mol. The van der Waals surface area contributed by atoms with Gasteiger partial charge >= 0.3 is 0 Å². The molecule has 0 amide bonds. The molecule has 2 N–H and O–H groups in total. The largest absolute Gasteiger partial charge is 0.355 e. The molecule has 0 bridgehead atoms. The van der Waals surface area contributed by atoms with Crippen molar-refractivity contribution in [2.75, 3.05) is 24.5 Å². The lowest BCUT2D eigenvalue weighted by atomic mass is 9.96. The summed E-state index contributed by atoms with van der Waals surface area (Å²) in [5.41, 5.74) is 7.46. The number of piperidine rings is 1. The molecule has 0 spiro atoms. The maximum Gasteiger partial charge on any atom is 0.159 e. The van der Waals surface area contributed by atoms with Gasteiger partial charge in [0.1, 0.15) is 11.5 Å². The van der Waals surface area contributed by atoms with Gasteiger partial charge in [-0.15, -0.1) is 22.6 Å². The number of hydrogen-bond donors (Lipinski definition) is 1. The number of benzene rings is 2. The molecule has 1 fully saturated rings. The van der Waals surface area contributed by atoms with Gasteiger partial charge in [0.2, 0.25) is 0 Å². The highest BCUT2D eigenvalue weighted by Crippen LogP contribution is 2.32. The van der Waals surface area contributed by atoms with Crippen LogP contribution in [-0.4, -0.2) is 29.8 Å². The first kappa shape index (κ1) is 18.5. The lowest BCUT2D eigenvalue weighted by Crippen LogP contribution is -2.36. The van der Waals surface area contributed by atoms with Crippen molar-refractivity contribution in [3.63, 3.8) is 0 Å². The van der Waals surface area contributed by atoms with Crippen LogP contribution >= 0.6 is 12.4 Å². The Labute approximate surface area is 158 Å². The van der Waals surface area contributed by atoms with Crippen molar-refractivity contribution in [2.24, 2.45) is 11.7 Å². The van der Waals surface area contributed by atoms with Gasteiger partial charge in [-0.05, 0) is 49.6 Å². The molecule has 1 aliphatic rings. The van der Waals surface area contributed by atoms with E-state index in [0.29, 0.717) is 5.92 Å². The fraction of sp³-hybridized carbons (Fsp3) is 0.300. The molecule has 4 rings (SSSR count). The minimum absolute atomic E-state index is 0. The molecule has 0 radical (unpaired) electrons. The number of halogens is 2. The highest BCUT2D eigenvalue weighted by atomic mass is 35.5. The first-order valence-electron chi connectivity index (χ1n) is 8.72. The van der Waals surface area contributed by atoms with Gasteiger partial charge in [0.25, 0.3) is 0 Å². The SMILES string of the molecule is Cl.NCC1CCN(c2nnc(-c3ccc(F)cc3)c3ccccc23)CC1. The van der Waals surface area contributed by atoms with E-state index >= 15 is 0 Å². The molecule has 0 aliphatic carbocycles. The zero-order valence-electron chi connectivity index (χ0n) is 14.4. The van der Waals surface area contributed by atoms with Crippen LogP contribution in [0, 0.1) is 11.7 Å². The Balaban J connectivity index is 0.00000196. The highest BCUT2D eigenvalue weighted by Gasteiger charge is 2.22. The van der Waals surface area contributed by atoms with Crippen LogP contribution in [0.15, 0.2) is 48.5 Å². The second kappa shape index (κ2) is 7.98. The van der Waals surface area contributed by atoms with Crippen LogP contribution in [0.2, 0.25) is 0 Å². The van der Waals surface area contributed by atoms with Gasteiger partial charge in [0.15, 0.2) is 5.82 Å². The minimum Gasteiger partial charge on any atom is -0.355 e. The molecule has 1 saturated heterocycles. The Morgan fingerprint density at radius 3 is 2.27 bits per heavy atom. The van der Waals surface area contributed by atoms with Gasteiger partial charge in [-0.3, -0.25) is 0 Å². The summed E-state index contributed by atoms with van der Waals surface area (Å²) in [5, 5.41) is 11.1. The molecule has 0 saturated carbocycles. The van der Waals surface area contributed by atoms with Gasteiger partial charge in [-0.2, -0.15) is 0 Å². The van der Waals surface area contributed by atoms with E-state index in [1.807, 2.05) is 12.1 Å². The monoisotopic (exact) mass is 372 g/mol. The summed E-state index contributed by atoms with van der Waals surface area (Å²) in [7, 11) is 0. The van der Waals surface area contributed by atoms with Crippen molar-refractivity contribution in [3.05, 3.63) is 54.3 Å². The molecule has 2 heterocycles. The number of hydrogen-bond acceptors (Lipinski definition) is 4. The molecule has 26 heavy (non-hydrogen) atoms. The predicted molar refractivity (Wildman–Crippen MR) is 106 cm³/mol. The Hall–Kier alpha value is -2.24. The molecule has 2 aromatic carbocycles. The molecular formula is C20H22ClFN4. The number of aromatic nitrogens is 2. The lowest BCUT2D eigenvalue weighted by molar-refractivity contribution is 0.413. The van der Waals surface area contributed by atoms with Crippen LogP contribution in [0.3, 0.4) is 0 Å². The summed E-state index contributed by atoms with van der Waals surface area (Å²) < 4.78 is 13.2. The van der Waals surface area contributed by atoms with Crippen LogP contribution in [0.25, 0.3) is 22.0 Å². The first-order valence-corrected chi connectivity index (χ1v) is 8.72. The van der Waals surface area contributed by atoms with Gasteiger partial charge in [-0.1, -0.05) is 24.3 Å². The summed E-state index contributed by atoms with van der Waals surface area (Å²) in [6, 6.07) is 14.6. The summed E-state index contributed by atoms with van der Waals surface area (Å²) in [4.78, 5) is 2.30. The summed E-state index contributed by atoms with van der Waals surface area (Å²) >= 11 is 0. The summed E-state index contributed by atoms with van der Waals surface area (Å²) in [6.07, 6.45) is 2.18. The second-order valence-corrected chi connectivity index (χ2v) is 6.59. The Morgan fingerprint density at radius 2 is 1.62 bits per heavy atom. The molecule has 3 aromatic rings. The average Bonchev–Trinajstić information content (AvgIpc) is 2.68. The van der Waals surface area contributed by atoms with Crippen molar-refractivity contribution >= 4 is 29.0 Å². The van der Waals surface area contributed by atoms with Crippen molar-refractivity contribution < 1.29 is 4.39 Å². The summed E-state index contributed by atoms with van der Waals surface area (Å²) in [5.74, 6) is 1.28. The fourth-order valence-electron chi connectivity index (χ4n) is 3.52. The van der Waals surface area contributed by atoms with E-state index in [0.717, 1.165) is 60.3 Å². The fourth-order valence-corrected chi connectivity index (χ4v) is 3.52. The Kier molecular flexibility index (Phi) is 5.69. The summed E-state index contributed by atoms with van der Waals surface area (Å²) in [6.45, 7) is 2.66. The molecule has 4 nitrogen and oxygen atoms in total. The third-order valence-corrected chi connectivity index (χ3v) is 5.03. The quantitative estimate of drug-likeness (QED) is 0.754. The zero-order valence-corrected chi connectivity index (χ0v) is 15.3. The van der Waals surface area contributed by atoms with Gasteiger partial charge < -0.3 is 10.6 Å². The number of nitrogens with two attached hydrogens (primary N) is 1. The predicted octanol–water partition coefficient (Wildman–Crippen LogP) is 4.03. The molecule has 0 unspecified atom stereocenters. The zero-order chi connectivity index (χ0) is 17.2. The molecule has 0 atom stereocenters. The van der Waals surface area contributed by atoms with Crippen molar-refractivity contribution in [1.29, 1.82) is 0 Å². The number of anilines is 1. The standard InChI is InChI=1S/C20H21FN4.ClH/c21-16-7-5-15(6-8-16)19-17-3-1-2-4-18(17)20(24-23-19)25-11-9-14(13-22)10-12-25;/h1-8,14H,9-13,22H2;1H. The number of fused-ring (bicyclic) bond motifs is 1. The van der Waals surface area contributed by atoms with Crippen molar-refractivity contribution in [1.82, 2.24) is 10.2 Å². The van der Waals surface area contributed by atoms with E-state index < -0.39 is 0 Å². The normalized spacial score (nSPS) is 15.1. The van der Waals surface area contributed by atoms with Crippen LogP contribution in [-0.2, 0) is 0 Å². The van der Waals surface area contributed by atoms with E-state index in [1.165, 1.54) is 12.1 Å². The third-order valence-electron chi connectivity index (χ3n) is 5.03. The lowest BCUT2D eigenvalue weighted by Gasteiger charge is -2.32. The van der Waals surface area contributed by atoms with Gasteiger partial charge in [-0.25, -0.2) is 4.39 Å². The van der Waals surface area contributed by atoms with E-state index in [1.54, 1.807) is 12.1 Å². The van der Waals surface area contributed by atoms with Gasteiger partial charge in [0.05, 0.1) is 0 Å². The Bertz CT molecular complexity index is 877. The van der Waals surface area contributed by atoms with E-state index in [-0.39, 0.29) is 18.2 Å². The van der Waals surface area contributed by atoms with E-state index in [9.17, 15) is 4.39 Å². The van der Waals surface area contributed by atoms with Crippen molar-refractivity contribution in [2.45, 2.75) is 12.8 Å². The van der Waals surface area contributed by atoms with Crippen molar-refractivity contribution in [3.8, 4) is 11.3 Å². The highest BCUT2D eigenvalue weighted by molar-refractivity contribution is 6.00. The third kappa shape index (κ3) is 3.50. The molecule has 136 valence electrons. The number of rotatable bonds is 3. The second-order valence-electron chi connectivity index (χ2n) is 6.59. The smallest absolute Gasteiger partial charge is 0.159 e. The molecule has 6 heteroatoms. The average molecular weight is 373 g/mol. The maximum absolute atomic E-state index is 13.2. The van der Waals surface area contributed by atoms with Crippen LogP contribution in [0.1, 0.15) is 12.8 Å². The number of nitrogens with zero attached hydrogens (tertiary/aromatic N) is 3. The van der Waals surface area contributed by atoms with E-state index in [2.05, 4.69) is 27.2 Å².